The zero-order valence-electron chi connectivity index (χ0n) is 11.2. The van der Waals surface area contributed by atoms with Crippen LogP contribution in [0.1, 0.15) is 23.7 Å². The number of halogens is 1. The molecule has 1 amide bonds. The van der Waals surface area contributed by atoms with Crippen LogP contribution >= 0.6 is 23.4 Å². The number of carbonyl (C=O) groups excluding carboxylic acids is 1. The van der Waals surface area contributed by atoms with Crippen LogP contribution in [0.15, 0.2) is 53.4 Å². The fraction of sp³-hybridized carbons (Fsp3) is 0.188. The Balaban J connectivity index is 2.14. The first-order valence-electron chi connectivity index (χ1n) is 6.49. The summed E-state index contributed by atoms with van der Waals surface area (Å²) < 4.78 is 0. The molecule has 0 spiro atoms. The molecule has 4 heteroatoms. The summed E-state index contributed by atoms with van der Waals surface area (Å²) in [5.74, 6) is 0.914. The maximum absolute atomic E-state index is 12.3. The van der Waals surface area contributed by atoms with Crippen LogP contribution in [0, 0.1) is 0 Å². The maximum atomic E-state index is 12.3. The minimum absolute atomic E-state index is 0.0912. The van der Waals surface area contributed by atoms with E-state index in [1.54, 1.807) is 36.0 Å². The number of rotatable bonds is 5. The topological polar surface area (TPSA) is 29.1 Å². The molecule has 0 atom stereocenters. The van der Waals surface area contributed by atoms with Gasteiger partial charge >= 0.3 is 0 Å². The van der Waals surface area contributed by atoms with Crippen molar-refractivity contribution in [2.24, 2.45) is 0 Å². The van der Waals surface area contributed by atoms with Crippen molar-refractivity contribution < 1.29 is 4.79 Å². The Morgan fingerprint density at radius 3 is 2.55 bits per heavy atom. The average Bonchev–Trinajstić information content (AvgIpc) is 2.47. The first-order chi connectivity index (χ1) is 9.70. The fourth-order valence-corrected chi connectivity index (χ4v) is 2.76. The molecule has 0 saturated carbocycles. The van der Waals surface area contributed by atoms with Crippen molar-refractivity contribution in [1.29, 1.82) is 0 Å². The van der Waals surface area contributed by atoms with Crippen LogP contribution in [0.25, 0.3) is 0 Å². The van der Waals surface area contributed by atoms with Crippen LogP contribution in [-0.4, -0.2) is 11.7 Å². The van der Waals surface area contributed by atoms with E-state index < -0.39 is 0 Å². The van der Waals surface area contributed by atoms with Gasteiger partial charge in [-0.25, -0.2) is 0 Å². The minimum atomic E-state index is -0.0912. The van der Waals surface area contributed by atoms with E-state index in [4.69, 9.17) is 11.6 Å². The zero-order chi connectivity index (χ0) is 14.4. The van der Waals surface area contributed by atoms with Gasteiger partial charge in [-0.2, -0.15) is 0 Å². The molecule has 0 saturated heterocycles. The Morgan fingerprint density at radius 1 is 1.15 bits per heavy atom. The lowest BCUT2D eigenvalue weighted by atomic mass is 10.2. The lowest BCUT2D eigenvalue weighted by Crippen LogP contribution is -2.12. The lowest BCUT2D eigenvalue weighted by molar-refractivity contribution is 0.102. The molecule has 2 aromatic carbocycles. The van der Waals surface area contributed by atoms with Crippen molar-refractivity contribution in [3.63, 3.8) is 0 Å². The predicted octanol–water partition coefficient (Wildman–Crippen LogP) is 5.09. The molecule has 1 N–H and O–H groups in total. The van der Waals surface area contributed by atoms with Crippen molar-refractivity contribution in [3.05, 3.63) is 59.1 Å². The summed E-state index contributed by atoms with van der Waals surface area (Å²) in [6.07, 6.45) is 1.08. The number of hydrogen-bond acceptors (Lipinski definition) is 2. The first-order valence-corrected chi connectivity index (χ1v) is 7.86. The van der Waals surface area contributed by atoms with E-state index >= 15 is 0 Å². The maximum Gasteiger partial charge on any atom is 0.256 e. The second-order valence-corrected chi connectivity index (χ2v) is 5.88. The smallest absolute Gasteiger partial charge is 0.256 e. The monoisotopic (exact) mass is 305 g/mol. The van der Waals surface area contributed by atoms with E-state index in [9.17, 15) is 4.79 Å². The third-order valence-corrected chi connectivity index (χ3v) is 4.23. The van der Waals surface area contributed by atoms with E-state index in [0.29, 0.717) is 10.6 Å². The van der Waals surface area contributed by atoms with E-state index in [1.165, 1.54) is 0 Å². The Morgan fingerprint density at radius 2 is 1.85 bits per heavy atom. The van der Waals surface area contributed by atoms with E-state index in [2.05, 4.69) is 12.2 Å². The molecule has 104 valence electrons. The van der Waals surface area contributed by atoms with E-state index in [0.717, 1.165) is 22.8 Å². The summed E-state index contributed by atoms with van der Waals surface area (Å²) >= 11 is 7.54. The number of hydrogen-bond donors (Lipinski definition) is 1. The van der Waals surface area contributed by atoms with Gasteiger partial charge in [0.05, 0.1) is 5.56 Å². The van der Waals surface area contributed by atoms with Gasteiger partial charge in [-0.15, -0.1) is 11.8 Å². The van der Waals surface area contributed by atoms with Gasteiger partial charge in [0.15, 0.2) is 0 Å². The van der Waals surface area contributed by atoms with Crippen LogP contribution in [0.2, 0.25) is 5.02 Å². The molecule has 0 heterocycles. The third kappa shape index (κ3) is 4.02. The molecule has 0 fully saturated rings. The molecule has 2 nitrogen and oxygen atoms in total. The standard InChI is InChI=1S/C16H16ClNOS/c1-2-11-20-15-6-4-3-5-14(15)16(19)18-13-9-7-12(17)8-10-13/h3-10H,2,11H2,1H3,(H,18,19). The lowest BCUT2D eigenvalue weighted by Gasteiger charge is -2.09. The molecule has 0 aliphatic rings. The number of benzene rings is 2. The normalized spacial score (nSPS) is 10.3. The molecule has 0 radical (unpaired) electrons. The van der Waals surface area contributed by atoms with Crippen LogP contribution in [0.5, 0.6) is 0 Å². The highest BCUT2D eigenvalue weighted by Crippen LogP contribution is 2.24. The highest BCUT2D eigenvalue weighted by Gasteiger charge is 2.11. The average molecular weight is 306 g/mol. The van der Waals surface area contributed by atoms with E-state index in [1.807, 2.05) is 24.3 Å². The van der Waals surface area contributed by atoms with Crippen molar-refractivity contribution in [2.75, 3.05) is 11.1 Å². The summed E-state index contributed by atoms with van der Waals surface area (Å²) in [4.78, 5) is 13.3. The molecule has 0 aromatic heterocycles. The van der Waals surface area contributed by atoms with Gasteiger partial charge in [0.1, 0.15) is 0 Å². The summed E-state index contributed by atoms with van der Waals surface area (Å²) in [6, 6.07) is 14.8. The third-order valence-electron chi connectivity index (χ3n) is 2.70. The second kappa shape index (κ2) is 7.36. The zero-order valence-corrected chi connectivity index (χ0v) is 12.8. The van der Waals surface area contributed by atoms with Gasteiger partial charge in [0, 0.05) is 15.6 Å². The molecular weight excluding hydrogens is 290 g/mol. The highest BCUT2D eigenvalue weighted by molar-refractivity contribution is 7.99. The minimum Gasteiger partial charge on any atom is -0.322 e. The Labute approximate surface area is 128 Å². The molecule has 2 aromatic rings. The number of anilines is 1. The van der Waals surface area contributed by atoms with Gasteiger partial charge in [-0.3, -0.25) is 4.79 Å². The Hall–Kier alpha value is -1.45. The second-order valence-electron chi connectivity index (χ2n) is 4.31. The summed E-state index contributed by atoms with van der Waals surface area (Å²) in [6.45, 7) is 2.13. The quantitative estimate of drug-likeness (QED) is 0.779. The molecule has 20 heavy (non-hydrogen) atoms. The molecule has 2 rings (SSSR count). The molecule has 0 unspecified atom stereocenters. The van der Waals surface area contributed by atoms with Gasteiger partial charge in [-0.1, -0.05) is 30.7 Å². The predicted molar refractivity (Wildman–Crippen MR) is 86.9 cm³/mol. The van der Waals surface area contributed by atoms with Crippen molar-refractivity contribution >= 4 is 35.0 Å². The van der Waals surface area contributed by atoms with Gasteiger partial charge in [-0.05, 0) is 48.6 Å². The molecule has 0 aliphatic heterocycles. The molecule has 0 bridgehead atoms. The number of amides is 1. The molecule has 0 aliphatic carbocycles. The summed E-state index contributed by atoms with van der Waals surface area (Å²) in [5, 5.41) is 3.55. The van der Waals surface area contributed by atoms with Crippen LogP contribution in [0.3, 0.4) is 0 Å². The van der Waals surface area contributed by atoms with Gasteiger partial charge in [0.2, 0.25) is 0 Å². The number of nitrogens with one attached hydrogen (secondary N) is 1. The first kappa shape index (κ1) is 14.9. The summed E-state index contributed by atoms with van der Waals surface area (Å²) in [7, 11) is 0. The molecular formula is C16H16ClNOS. The van der Waals surface area contributed by atoms with Gasteiger partial charge < -0.3 is 5.32 Å². The largest absolute Gasteiger partial charge is 0.322 e. The fourth-order valence-electron chi connectivity index (χ4n) is 1.72. The highest BCUT2D eigenvalue weighted by atomic mass is 35.5. The SMILES string of the molecule is CCCSc1ccccc1C(=O)Nc1ccc(Cl)cc1. The van der Waals surface area contributed by atoms with Crippen LogP contribution in [0.4, 0.5) is 5.69 Å². The van der Waals surface area contributed by atoms with Crippen molar-refractivity contribution in [3.8, 4) is 0 Å². The van der Waals surface area contributed by atoms with Crippen LogP contribution in [-0.2, 0) is 0 Å². The number of thioether (sulfide) groups is 1. The van der Waals surface area contributed by atoms with E-state index in [-0.39, 0.29) is 5.91 Å². The Kier molecular flexibility index (Phi) is 5.50. The van der Waals surface area contributed by atoms with Gasteiger partial charge in [0.25, 0.3) is 5.91 Å². The number of carbonyl (C=O) groups is 1. The Bertz CT molecular complexity index is 583. The van der Waals surface area contributed by atoms with Crippen molar-refractivity contribution in [2.45, 2.75) is 18.2 Å². The van der Waals surface area contributed by atoms with Crippen molar-refractivity contribution in [1.82, 2.24) is 0 Å². The van der Waals surface area contributed by atoms with Crippen LogP contribution < -0.4 is 5.32 Å². The summed E-state index contributed by atoms with van der Waals surface area (Å²) in [5.41, 5.74) is 1.45.